The topological polar surface area (TPSA) is 64.4 Å². The van der Waals surface area contributed by atoms with Gasteiger partial charge in [0, 0.05) is 11.6 Å². The van der Waals surface area contributed by atoms with Crippen LogP contribution in [-0.4, -0.2) is 11.5 Å². The predicted molar refractivity (Wildman–Crippen MR) is 71.4 cm³/mol. The summed E-state index contributed by atoms with van der Waals surface area (Å²) in [6.45, 7) is 0.478. The number of benzene rings is 2. The average Bonchev–Trinajstić information content (AvgIpc) is 2.83. The first-order chi connectivity index (χ1) is 9.25. The number of rotatable bonds is 3. The molecule has 0 saturated carbocycles. The Morgan fingerprint density at radius 3 is 2.74 bits per heavy atom. The van der Waals surface area contributed by atoms with Gasteiger partial charge in [-0.25, -0.2) is 0 Å². The summed E-state index contributed by atoms with van der Waals surface area (Å²) in [6.07, 6.45) is 0. The molecule has 3 rings (SSSR count). The molecule has 1 N–H and O–H groups in total. The fraction of sp³-hybridized carbons (Fsp3) is 0.143. The van der Waals surface area contributed by atoms with E-state index in [-0.39, 0.29) is 16.7 Å². The second kappa shape index (κ2) is 4.61. The van der Waals surface area contributed by atoms with Crippen molar-refractivity contribution in [3.8, 4) is 5.75 Å². The molecule has 2 aromatic rings. The minimum absolute atomic E-state index is 0.0581. The summed E-state index contributed by atoms with van der Waals surface area (Å²) in [5, 5.41) is 14.2. The molecule has 5 nitrogen and oxygen atoms in total. The Balaban J connectivity index is 1.90. The molecular formula is C14H12N2O3. The van der Waals surface area contributed by atoms with Crippen molar-refractivity contribution in [2.75, 3.05) is 11.9 Å². The zero-order chi connectivity index (χ0) is 13.2. The maximum absolute atomic E-state index is 11.0. The number of nitrogens with zero attached hydrogens (tertiary/aromatic N) is 1. The fourth-order valence-electron chi connectivity index (χ4n) is 2.22. The van der Waals surface area contributed by atoms with Gasteiger partial charge in [0.25, 0.3) is 5.69 Å². The van der Waals surface area contributed by atoms with E-state index < -0.39 is 0 Å². The molecule has 1 heterocycles. The van der Waals surface area contributed by atoms with Crippen molar-refractivity contribution in [3.05, 3.63) is 64.2 Å². The zero-order valence-corrected chi connectivity index (χ0v) is 10.1. The summed E-state index contributed by atoms with van der Waals surface area (Å²) in [5.74, 6) is 0.832. The highest BCUT2D eigenvalue weighted by Crippen LogP contribution is 2.36. The van der Waals surface area contributed by atoms with Crippen molar-refractivity contribution in [2.45, 2.75) is 6.04 Å². The van der Waals surface area contributed by atoms with E-state index >= 15 is 0 Å². The number of nitro benzene ring substituents is 1. The van der Waals surface area contributed by atoms with Crippen molar-refractivity contribution < 1.29 is 9.66 Å². The van der Waals surface area contributed by atoms with Crippen LogP contribution in [0.5, 0.6) is 5.75 Å². The highest BCUT2D eigenvalue weighted by molar-refractivity contribution is 5.62. The third kappa shape index (κ3) is 2.10. The molecule has 1 unspecified atom stereocenters. The molecule has 19 heavy (non-hydrogen) atoms. The van der Waals surface area contributed by atoms with E-state index in [2.05, 4.69) is 5.32 Å². The SMILES string of the molecule is O=[N+]([O-])c1ccccc1NC1COc2ccccc21. The number of nitrogens with one attached hydrogen (secondary N) is 1. The molecule has 0 bridgehead atoms. The van der Waals surface area contributed by atoms with Crippen molar-refractivity contribution in [2.24, 2.45) is 0 Å². The molecule has 0 radical (unpaired) electrons. The van der Waals surface area contributed by atoms with Gasteiger partial charge >= 0.3 is 0 Å². The Bertz CT molecular complexity index is 628. The van der Waals surface area contributed by atoms with Crippen LogP contribution in [0.3, 0.4) is 0 Å². The Morgan fingerprint density at radius 1 is 1.16 bits per heavy atom. The number of anilines is 1. The molecule has 0 amide bonds. The summed E-state index contributed by atoms with van der Waals surface area (Å²) in [5.41, 5.74) is 1.62. The summed E-state index contributed by atoms with van der Waals surface area (Å²) in [6, 6.07) is 14.3. The van der Waals surface area contributed by atoms with Gasteiger partial charge in [-0.15, -0.1) is 0 Å². The van der Waals surface area contributed by atoms with Crippen LogP contribution in [0, 0.1) is 10.1 Å². The van der Waals surface area contributed by atoms with E-state index in [1.54, 1.807) is 18.2 Å². The second-order valence-electron chi connectivity index (χ2n) is 4.32. The van der Waals surface area contributed by atoms with Gasteiger partial charge in [0.1, 0.15) is 18.0 Å². The highest BCUT2D eigenvalue weighted by atomic mass is 16.6. The van der Waals surface area contributed by atoms with Crippen LogP contribution in [0.25, 0.3) is 0 Å². The van der Waals surface area contributed by atoms with Gasteiger partial charge in [-0.1, -0.05) is 30.3 Å². The molecule has 96 valence electrons. The van der Waals surface area contributed by atoms with Crippen LogP contribution in [-0.2, 0) is 0 Å². The van der Waals surface area contributed by atoms with E-state index in [1.165, 1.54) is 6.07 Å². The molecule has 1 aliphatic rings. The van der Waals surface area contributed by atoms with Gasteiger partial charge in [0.05, 0.1) is 11.0 Å². The number of para-hydroxylation sites is 3. The maximum Gasteiger partial charge on any atom is 0.292 e. The van der Waals surface area contributed by atoms with Crippen molar-refractivity contribution in [1.82, 2.24) is 0 Å². The average molecular weight is 256 g/mol. The van der Waals surface area contributed by atoms with Gasteiger partial charge in [-0.3, -0.25) is 10.1 Å². The Labute approximate surface area is 110 Å². The summed E-state index contributed by atoms with van der Waals surface area (Å²) >= 11 is 0. The second-order valence-corrected chi connectivity index (χ2v) is 4.32. The monoisotopic (exact) mass is 256 g/mol. The van der Waals surface area contributed by atoms with Crippen molar-refractivity contribution in [1.29, 1.82) is 0 Å². The Kier molecular flexibility index (Phi) is 2.79. The van der Waals surface area contributed by atoms with E-state index in [1.807, 2.05) is 24.3 Å². The number of ether oxygens (including phenoxy) is 1. The minimum Gasteiger partial charge on any atom is -0.491 e. The van der Waals surface area contributed by atoms with E-state index in [9.17, 15) is 10.1 Å². The molecule has 0 aliphatic carbocycles. The van der Waals surface area contributed by atoms with Crippen LogP contribution in [0.15, 0.2) is 48.5 Å². The van der Waals surface area contributed by atoms with Crippen molar-refractivity contribution in [3.63, 3.8) is 0 Å². The van der Waals surface area contributed by atoms with Gasteiger partial charge in [0.2, 0.25) is 0 Å². The fourth-order valence-corrected chi connectivity index (χ4v) is 2.22. The molecule has 0 spiro atoms. The van der Waals surface area contributed by atoms with Gasteiger partial charge in [-0.05, 0) is 12.1 Å². The van der Waals surface area contributed by atoms with Crippen LogP contribution in [0.1, 0.15) is 11.6 Å². The van der Waals surface area contributed by atoms with Crippen molar-refractivity contribution >= 4 is 11.4 Å². The first-order valence-corrected chi connectivity index (χ1v) is 5.97. The van der Waals surface area contributed by atoms with Crippen LogP contribution in [0.4, 0.5) is 11.4 Å². The van der Waals surface area contributed by atoms with E-state index in [4.69, 9.17) is 4.74 Å². The van der Waals surface area contributed by atoms with Gasteiger partial charge in [-0.2, -0.15) is 0 Å². The molecule has 5 heteroatoms. The minimum atomic E-state index is -0.385. The van der Waals surface area contributed by atoms with Gasteiger partial charge < -0.3 is 10.1 Å². The van der Waals surface area contributed by atoms with Gasteiger partial charge in [0.15, 0.2) is 0 Å². The number of nitro groups is 1. The lowest BCUT2D eigenvalue weighted by Crippen LogP contribution is -2.12. The lowest BCUT2D eigenvalue weighted by Gasteiger charge is -2.13. The quantitative estimate of drug-likeness (QED) is 0.676. The number of hydrogen-bond acceptors (Lipinski definition) is 4. The summed E-state index contributed by atoms with van der Waals surface area (Å²) < 4.78 is 5.55. The van der Waals surface area contributed by atoms with Crippen LogP contribution < -0.4 is 10.1 Å². The predicted octanol–water partition coefficient (Wildman–Crippen LogP) is 3.14. The summed E-state index contributed by atoms with van der Waals surface area (Å²) in [7, 11) is 0. The number of hydrogen-bond donors (Lipinski definition) is 1. The number of fused-ring (bicyclic) bond motifs is 1. The smallest absolute Gasteiger partial charge is 0.292 e. The molecule has 0 fully saturated rings. The van der Waals surface area contributed by atoms with Crippen LogP contribution >= 0.6 is 0 Å². The van der Waals surface area contributed by atoms with Crippen LogP contribution in [0.2, 0.25) is 0 Å². The molecule has 1 atom stereocenters. The molecule has 0 aromatic heterocycles. The lowest BCUT2D eigenvalue weighted by atomic mass is 10.1. The molecule has 0 saturated heterocycles. The molecule has 2 aromatic carbocycles. The maximum atomic E-state index is 11.0. The summed E-state index contributed by atoms with van der Waals surface area (Å²) in [4.78, 5) is 10.6. The first-order valence-electron chi connectivity index (χ1n) is 5.97. The van der Waals surface area contributed by atoms with E-state index in [0.29, 0.717) is 12.3 Å². The lowest BCUT2D eigenvalue weighted by molar-refractivity contribution is -0.384. The first kappa shape index (κ1) is 11.5. The Hall–Kier alpha value is -2.56. The third-order valence-electron chi connectivity index (χ3n) is 3.13. The largest absolute Gasteiger partial charge is 0.491 e. The zero-order valence-electron chi connectivity index (χ0n) is 10.1. The molecule has 1 aliphatic heterocycles. The highest BCUT2D eigenvalue weighted by Gasteiger charge is 2.25. The Morgan fingerprint density at radius 2 is 1.89 bits per heavy atom. The normalized spacial score (nSPS) is 16.5. The standard InChI is InChI=1S/C14H12N2O3/c17-16(18)13-7-3-2-6-11(13)15-12-9-19-14-8-4-1-5-10(12)14/h1-8,12,15H,9H2. The van der Waals surface area contributed by atoms with E-state index in [0.717, 1.165) is 11.3 Å². The molecular weight excluding hydrogens is 244 g/mol. The third-order valence-corrected chi connectivity index (χ3v) is 3.13.